The molecule has 0 bridgehead atoms. The SMILES string of the molecule is CCn1nccc1C1NC(=O)CCC1NCC=C(C)C. The fourth-order valence-corrected chi connectivity index (χ4v) is 2.59. The van der Waals surface area contributed by atoms with Crippen molar-refractivity contribution in [1.29, 1.82) is 0 Å². The zero-order chi connectivity index (χ0) is 14.5. The second-order valence-corrected chi connectivity index (χ2v) is 5.45. The van der Waals surface area contributed by atoms with Gasteiger partial charge in [0.15, 0.2) is 0 Å². The van der Waals surface area contributed by atoms with E-state index < -0.39 is 0 Å². The van der Waals surface area contributed by atoms with Crippen LogP contribution in [0.1, 0.15) is 45.3 Å². The molecule has 1 aromatic heterocycles. The van der Waals surface area contributed by atoms with Gasteiger partial charge in [-0.2, -0.15) is 5.10 Å². The minimum Gasteiger partial charge on any atom is -0.346 e. The van der Waals surface area contributed by atoms with E-state index in [4.69, 9.17) is 0 Å². The molecule has 0 aromatic carbocycles. The van der Waals surface area contributed by atoms with Gasteiger partial charge in [-0.3, -0.25) is 9.48 Å². The topological polar surface area (TPSA) is 59.0 Å². The monoisotopic (exact) mass is 276 g/mol. The summed E-state index contributed by atoms with van der Waals surface area (Å²) in [6.45, 7) is 7.89. The van der Waals surface area contributed by atoms with E-state index in [1.54, 1.807) is 6.20 Å². The lowest BCUT2D eigenvalue weighted by molar-refractivity contribution is -0.124. The summed E-state index contributed by atoms with van der Waals surface area (Å²) in [5, 5.41) is 10.9. The molecular formula is C15H24N4O. The maximum Gasteiger partial charge on any atom is 0.220 e. The molecule has 20 heavy (non-hydrogen) atoms. The summed E-state index contributed by atoms with van der Waals surface area (Å²) in [5.74, 6) is 0.124. The van der Waals surface area contributed by atoms with Crippen molar-refractivity contribution < 1.29 is 4.79 Å². The van der Waals surface area contributed by atoms with Crippen LogP contribution in [0.5, 0.6) is 0 Å². The summed E-state index contributed by atoms with van der Waals surface area (Å²) in [4.78, 5) is 11.7. The Hall–Kier alpha value is -1.62. The highest BCUT2D eigenvalue weighted by Gasteiger charge is 2.31. The predicted octanol–water partition coefficient (Wildman–Crippen LogP) is 1.78. The van der Waals surface area contributed by atoms with Crippen LogP contribution >= 0.6 is 0 Å². The van der Waals surface area contributed by atoms with Crippen LogP contribution in [-0.2, 0) is 11.3 Å². The van der Waals surface area contributed by atoms with Crippen molar-refractivity contribution in [2.75, 3.05) is 6.54 Å². The standard InChI is InChI=1S/C15H24N4O/c1-4-19-13(8-10-17-19)15-12(5-6-14(20)18-15)16-9-7-11(2)3/h7-8,10,12,15-16H,4-6,9H2,1-3H3,(H,18,20). The fourth-order valence-electron chi connectivity index (χ4n) is 2.59. The number of carbonyl (C=O) groups excluding carboxylic acids is 1. The molecule has 2 atom stereocenters. The molecule has 2 rings (SSSR count). The first kappa shape index (κ1) is 14.8. The Morgan fingerprint density at radius 1 is 1.60 bits per heavy atom. The predicted molar refractivity (Wildman–Crippen MR) is 79.2 cm³/mol. The molecule has 1 aromatic rings. The van der Waals surface area contributed by atoms with Crippen LogP contribution in [0, 0.1) is 0 Å². The number of aromatic nitrogens is 2. The van der Waals surface area contributed by atoms with Gasteiger partial charge in [0.2, 0.25) is 5.91 Å². The summed E-state index contributed by atoms with van der Waals surface area (Å²) in [6.07, 6.45) is 5.42. The van der Waals surface area contributed by atoms with E-state index in [2.05, 4.69) is 42.6 Å². The Labute approximate surface area is 120 Å². The molecule has 0 radical (unpaired) electrons. The van der Waals surface area contributed by atoms with Crippen LogP contribution in [0.4, 0.5) is 0 Å². The molecule has 5 nitrogen and oxygen atoms in total. The zero-order valence-corrected chi connectivity index (χ0v) is 12.5. The highest BCUT2D eigenvalue weighted by atomic mass is 16.1. The van der Waals surface area contributed by atoms with E-state index in [1.807, 2.05) is 10.7 Å². The third-order valence-corrected chi connectivity index (χ3v) is 3.66. The fraction of sp³-hybridized carbons (Fsp3) is 0.600. The first-order chi connectivity index (χ1) is 9.61. The Kier molecular flexibility index (Phi) is 4.95. The molecule has 1 aliphatic heterocycles. The number of hydrogen-bond acceptors (Lipinski definition) is 3. The lowest BCUT2D eigenvalue weighted by Gasteiger charge is -2.33. The maximum atomic E-state index is 11.7. The van der Waals surface area contributed by atoms with Crippen molar-refractivity contribution >= 4 is 5.91 Å². The number of nitrogens with zero attached hydrogens (tertiary/aromatic N) is 2. The highest BCUT2D eigenvalue weighted by Crippen LogP contribution is 2.24. The largest absolute Gasteiger partial charge is 0.346 e. The second-order valence-electron chi connectivity index (χ2n) is 5.45. The number of aryl methyl sites for hydroxylation is 1. The van der Waals surface area contributed by atoms with E-state index >= 15 is 0 Å². The third kappa shape index (κ3) is 3.48. The first-order valence-corrected chi connectivity index (χ1v) is 7.29. The van der Waals surface area contributed by atoms with E-state index in [9.17, 15) is 4.79 Å². The number of nitrogens with one attached hydrogen (secondary N) is 2. The summed E-state index contributed by atoms with van der Waals surface area (Å²) >= 11 is 0. The second kappa shape index (κ2) is 6.70. The van der Waals surface area contributed by atoms with Gasteiger partial charge in [-0.15, -0.1) is 0 Å². The minimum atomic E-state index is 0.00395. The third-order valence-electron chi connectivity index (χ3n) is 3.66. The van der Waals surface area contributed by atoms with Crippen molar-refractivity contribution in [3.63, 3.8) is 0 Å². The zero-order valence-electron chi connectivity index (χ0n) is 12.5. The average molecular weight is 276 g/mol. The maximum absolute atomic E-state index is 11.7. The van der Waals surface area contributed by atoms with Crippen molar-refractivity contribution in [3.8, 4) is 0 Å². The molecule has 2 heterocycles. The van der Waals surface area contributed by atoms with E-state index in [0.29, 0.717) is 6.42 Å². The Bertz CT molecular complexity index is 488. The molecule has 0 aliphatic carbocycles. The van der Waals surface area contributed by atoms with Crippen molar-refractivity contribution in [2.45, 2.75) is 52.2 Å². The smallest absolute Gasteiger partial charge is 0.220 e. The average Bonchev–Trinajstić information content (AvgIpc) is 2.88. The van der Waals surface area contributed by atoms with Crippen LogP contribution in [0.2, 0.25) is 0 Å². The molecule has 2 unspecified atom stereocenters. The van der Waals surface area contributed by atoms with Crippen LogP contribution < -0.4 is 10.6 Å². The van der Waals surface area contributed by atoms with Gasteiger partial charge in [0.25, 0.3) is 0 Å². The lowest BCUT2D eigenvalue weighted by atomic mass is 9.95. The molecule has 2 N–H and O–H groups in total. The van der Waals surface area contributed by atoms with Crippen molar-refractivity contribution in [2.24, 2.45) is 0 Å². The number of piperidine rings is 1. The molecule has 1 saturated heterocycles. The Balaban J connectivity index is 2.12. The summed E-state index contributed by atoms with van der Waals surface area (Å²) < 4.78 is 1.95. The number of amides is 1. The molecular weight excluding hydrogens is 252 g/mol. The molecule has 0 spiro atoms. The minimum absolute atomic E-state index is 0.00395. The number of carbonyl (C=O) groups is 1. The number of hydrogen-bond donors (Lipinski definition) is 2. The molecule has 0 saturated carbocycles. The van der Waals surface area contributed by atoms with Crippen LogP contribution in [0.15, 0.2) is 23.9 Å². The molecule has 1 amide bonds. The van der Waals surface area contributed by atoms with Crippen molar-refractivity contribution in [1.82, 2.24) is 20.4 Å². The highest BCUT2D eigenvalue weighted by molar-refractivity contribution is 5.77. The van der Waals surface area contributed by atoms with E-state index in [-0.39, 0.29) is 18.0 Å². The quantitative estimate of drug-likeness (QED) is 0.806. The molecule has 1 aliphatic rings. The Morgan fingerprint density at radius 3 is 3.10 bits per heavy atom. The first-order valence-electron chi connectivity index (χ1n) is 7.29. The van der Waals surface area contributed by atoms with Gasteiger partial charge in [-0.05, 0) is 33.3 Å². The number of allylic oxidation sites excluding steroid dienone is 1. The van der Waals surface area contributed by atoms with E-state index in [1.165, 1.54) is 5.57 Å². The van der Waals surface area contributed by atoms with Gasteiger partial charge in [-0.25, -0.2) is 0 Å². The van der Waals surface area contributed by atoms with Gasteiger partial charge in [0.1, 0.15) is 0 Å². The summed E-state index contributed by atoms with van der Waals surface area (Å²) in [5.41, 5.74) is 2.38. The normalized spacial score (nSPS) is 22.4. The molecule has 5 heteroatoms. The van der Waals surface area contributed by atoms with Gasteiger partial charge >= 0.3 is 0 Å². The number of rotatable bonds is 5. The van der Waals surface area contributed by atoms with Crippen LogP contribution in [0.25, 0.3) is 0 Å². The van der Waals surface area contributed by atoms with Crippen LogP contribution in [0.3, 0.4) is 0 Å². The molecule has 110 valence electrons. The van der Waals surface area contributed by atoms with Crippen molar-refractivity contribution in [3.05, 3.63) is 29.6 Å². The van der Waals surface area contributed by atoms with Gasteiger partial charge in [-0.1, -0.05) is 11.6 Å². The molecule has 1 fully saturated rings. The summed E-state index contributed by atoms with van der Waals surface area (Å²) in [7, 11) is 0. The van der Waals surface area contributed by atoms with Gasteiger partial charge in [0, 0.05) is 31.7 Å². The van der Waals surface area contributed by atoms with E-state index in [0.717, 1.165) is 25.2 Å². The van der Waals surface area contributed by atoms with Gasteiger partial charge < -0.3 is 10.6 Å². The Morgan fingerprint density at radius 2 is 2.40 bits per heavy atom. The lowest BCUT2D eigenvalue weighted by Crippen LogP contribution is -2.49. The van der Waals surface area contributed by atoms with Gasteiger partial charge in [0.05, 0.1) is 11.7 Å². The summed E-state index contributed by atoms with van der Waals surface area (Å²) in [6, 6.07) is 2.25. The van der Waals surface area contributed by atoms with Crippen LogP contribution in [-0.4, -0.2) is 28.3 Å².